The van der Waals surface area contributed by atoms with Crippen molar-refractivity contribution in [1.82, 2.24) is 4.90 Å². The van der Waals surface area contributed by atoms with E-state index in [9.17, 15) is 4.79 Å². The summed E-state index contributed by atoms with van der Waals surface area (Å²) in [6, 6.07) is 20.4. The number of Topliss-reactive ketones (excluding diaryl/α,β-unsaturated/α-hetero) is 1. The first-order valence-corrected chi connectivity index (χ1v) is 7.90. The molecule has 0 spiro atoms. The van der Waals surface area contributed by atoms with E-state index in [1.165, 1.54) is 0 Å². The minimum Gasteiger partial charge on any atom is -0.309 e. The summed E-state index contributed by atoms with van der Waals surface area (Å²) in [6.45, 7) is 2.83. The number of carbonyl (C=O) groups excluding carboxylic acids is 1. The lowest BCUT2D eigenvalue weighted by molar-refractivity contribution is -0.123. The molecule has 2 aromatic carbocycles. The Morgan fingerprint density at radius 1 is 0.913 bits per heavy atom. The Balaban J connectivity index is 0.00000264. The van der Waals surface area contributed by atoms with Crippen LogP contribution in [0.15, 0.2) is 60.7 Å². The lowest BCUT2D eigenvalue weighted by atomic mass is 9.68. The van der Waals surface area contributed by atoms with Crippen LogP contribution in [-0.2, 0) is 10.2 Å². The van der Waals surface area contributed by atoms with Gasteiger partial charge in [-0.25, -0.2) is 0 Å². The van der Waals surface area contributed by atoms with Crippen molar-refractivity contribution in [3.8, 4) is 0 Å². The highest BCUT2D eigenvalue weighted by Crippen LogP contribution is 2.37. The molecular weight excluding hydrogens is 350 g/mol. The van der Waals surface area contributed by atoms with Crippen molar-refractivity contribution in [3.63, 3.8) is 0 Å². The second kappa shape index (κ2) is 8.99. The van der Waals surface area contributed by atoms with Crippen LogP contribution in [0.25, 0.3) is 0 Å². The van der Waals surface area contributed by atoms with Crippen molar-refractivity contribution < 1.29 is 4.79 Å². The Kier molecular flexibility index (Phi) is 7.66. The fourth-order valence-electron chi connectivity index (χ4n) is 3.06. The molecule has 0 saturated heterocycles. The lowest BCUT2D eigenvalue weighted by Gasteiger charge is -2.34. The monoisotopic (exact) mass is 375 g/mol. The van der Waals surface area contributed by atoms with Crippen LogP contribution in [0.2, 0.25) is 0 Å². The third-order valence-electron chi connectivity index (χ3n) is 4.26. The van der Waals surface area contributed by atoms with Crippen LogP contribution in [0.4, 0.5) is 0 Å². The van der Waals surface area contributed by atoms with Gasteiger partial charge in [-0.05, 0) is 38.2 Å². The Hall–Kier alpha value is -1.45. The summed E-state index contributed by atoms with van der Waals surface area (Å²) in [7, 11) is 4.11. The molecule has 2 aromatic rings. The number of halogens is 1. The van der Waals surface area contributed by atoms with E-state index in [2.05, 4.69) is 43.3 Å². The van der Waals surface area contributed by atoms with Crippen LogP contribution < -0.4 is 0 Å². The maximum absolute atomic E-state index is 13.0. The van der Waals surface area contributed by atoms with Gasteiger partial charge in [0.1, 0.15) is 5.78 Å². The molecule has 0 aliphatic rings. The smallest absolute Gasteiger partial charge is 0.147 e. The fraction of sp³-hybridized carbons (Fsp3) is 0.350. The first-order valence-electron chi connectivity index (χ1n) is 7.90. The van der Waals surface area contributed by atoms with E-state index in [-0.39, 0.29) is 22.8 Å². The molecule has 0 fully saturated rings. The summed E-state index contributed by atoms with van der Waals surface area (Å²) < 4.78 is 0. The van der Waals surface area contributed by atoms with E-state index in [0.717, 1.165) is 24.1 Å². The highest BCUT2D eigenvalue weighted by atomic mass is 79.9. The van der Waals surface area contributed by atoms with Crippen LogP contribution in [-0.4, -0.2) is 31.3 Å². The average Bonchev–Trinajstić information content (AvgIpc) is 2.57. The van der Waals surface area contributed by atoms with Crippen molar-refractivity contribution in [2.24, 2.45) is 0 Å². The Morgan fingerprint density at radius 3 is 1.70 bits per heavy atom. The number of hydrogen-bond donors (Lipinski definition) is 0. The van der Waals surface area contributed by atoms with E-state index in [1.807, 2.05) is 43.3 Å². The molecule has 3 heteroatoms. The second-order valence-corrected chi connectivity index (χ2v) is 5.97. The van der Waals surface area contributed by atoms with Gasteiger partial charge in [0.25, 0.3) is 0 Å². The van der Waals surface area contributed by atoms with Crippen molar-refractivity contribution in [2.75, 3.05) is 20.6 Å². The third kappa shape index (κ3) is 4.30. The zero-order valence-corrected chi connectivity index (χ0v) is 15.9. The van der Waals surface area contributed by atoms with Crippen molar-refractivity contribution in [1.29, 1.82) is 0 Å². The van der Waals surface area contributed by atoms with Crippen LogP contribution >= 0.6 is 17.0 Å². The quantitative estimate of drug-likeness (QED) is 0.710. The summed E-state index contributed by atoms with van der Waals surface area (Å²) >= 11 is 0. The average molecular weight is 376 g/mol. The first kappa shape index (κ1) is 19.6. The highest BCUT2D eigenvalue weighted by Gasteiger charge is 2.40. The lowest BCUT2D eigenvalue weighted by Crippen LogP contribution is -2.39. The molecular formula is C20H26BrNO. The van der Waals surface area contributed by atoms with Crippen LogP contribution in [0.1, 0.15) is 30.9 Å². The predicted molar refractivity (Wildman–Crippen MR) is 102 cm³/mol. The third-order valence-corrected chi connectivity index (χ3v) is 4.26. The molecule has 23 heavy (non-hydrogen) atoms. The minimum absolute atomic E-state index is 0. The summed E-state index contributed by atoms with van der Waals surface area (Å²) in [5, 5.41) is 0. The van der Waals surface area contributed by atoms with Gasteiger partial charge in [0.2, 0.25) is 0 Å². The number of nitrogens with zero attached hydrogens (tertiary/aromatic N) is 1. The molecule has 0 aromatic heterocycles. The van der Waals surface area contributed by atoms with Crippen LogP contribution in [0, 0.1) is 0 Å². The standard InChI is InChI=1S/C20H25NO.BrH/c1-4-19(22)20(15-16-21(2)3,17-11-7-5-8-12-17)18-13-9-6-10-14-18;/h5-14H,4,15-16H2,1-3H3;1H. The van der Waals surface area contributed by atoms with E-state index >= 15 is 0 Å². The molecule has 0 aliphatic carbocycles. The predicted octanol–water partition coefficient (Wildman–Crippen LogP) is 4.48. The molecule has 0 amide bonds. The van der Waals surface area contributed by atoms with Gasteiger partial charge in [-0.15, -0.1) is 17.0 Å². The van der Waals surface area contributed by atoms with Gasteiger partial charge in [-0.1, -0.05) is 67.6 Å². The highest BCUT2D eigenvalue weighted by molar-refractivity contribution is 8.93. The number of ketones is 1. The normalized spacial score (nSPS) is 11.1. The molecule has 2 nitrogen and oxygen atoms in total. The molecule has 2 rings (SSSR count). The van der Waals surface area contributed by atoms with Gasteiger partial charge in [0, 0.05) is 6.42 Å². The molecule has 0 atom stereocenters. The van der Waals surface area contributed by atoms with Gasteiger partial charge < -0.3 is 4.90 Å². The number of hydrogen-bond acceptors (Lipinski definition) is 2. The molecule has 0 saturated carbocycles. The molecule has 0 aliphatic heterocycles. The fourth-order valence-corrected chi connectivity index (χ4v) is 3.06. The van der Waals surface area contributed by atoms with E-state index in [4.69, 9.17) is 0 Å². The largest absolute Gasteiger partial charge is 0.309 e. The number of carbonyl (C=O) groups is 1. The van der Waals surface area contributed by atoms with Gasteiger partial charge in [-0.3, -0.25) is 4.79 Å². The van der Waals surface area contributed by atoms with Crippen molar-refractivity contribution in [3.05, 3.63) is 71.8 Å². The van der Waals surface area contributed by atoms with E-state index in [1.54, 1.807) is 0 Å². The van der Waals surface area contributed by atoms with E-state index < -0.39 is 5.41 Å². The van der Waals surface area contributed by atoms with Gasteiger partial charge >= 0.3 is 0 Å². The molecule has 124 valence electrons. The maximum Gasteiger partial charge on any atom is 0.147 e. The topological polar surface area (TPSA) is 20.3 Å². The minimum atomic E-state index is -0.554. The summed E-state index contributed by atoms with van der Waals surface area (Å²) in [5.41, 5.74) is 1.63. The molecule has 0 N–H and O–H groups in total. The zero-order chi connectivity index (χ0) is 16.0. The van der Waals surface area contributed by atoms with Gasteiger partial charge in [0.15, 0.2) is 0 Å². The Morgan fingerprint density at radius 2 is 1.35 bits per heavy atom. The molecule has 0 heterocycles. The first-order chi connectivity index (χ1) is 10.6. The van der Waals surface area contributed by atoms with Gasteiger partial charge in [-0.2, -0.15) is 0 Å². The molecule has 0 bridgehead atoms. The maximum atomic E-state index is 13.0. The Labute approximate surface area is 150 Å². The van der Waals surface area contributed by atoms with Crippen molar-refractivity contribution in [2.45, 2.75) is 25.2 Å². The Bertz CT molecular complexity index is 556. The van der Waals surface area contributed by atoms with Crippen LogP contribution in [0.3, 0.4) is 0 Å². The molecule has 0 unspecified atom stereocenters. The number of benzene rings is 2. The summed E-state index contributed by atoms with van der Waals surface area (Å²) in [5.74, 6) is 0.284. The second-order valence-electron chi connectivity index (χ2n) is 5.97. The van der Waals surface area contributed by atoms with Crippen LogP contribution in [0.5, 0.6) is 0 Å². The summed E-state index contributed by atoms with van der Waals surface area (Å²) in [4.78, 5) is 15.2. The zero-order valence-electron chi connectivity index (χ0n) is 14.2. The van der Waals surface area contributed by atoms with Crippen molar-refractivity contribution >= 4 is 22.8 Å². The SMILES string of the molecule is Br.CCC(=O)C(CCN(C)C)(c1ccccc1)c1ccccc1. The molecule has 0 radical (unpaired) electrons. The van der Waals surface area contributed by atoms with Gasteiger partial charge in [0.05, 0.1) is 5.41 Å². The van der Waals surface area contributed by atoms with E-state index in [0.29, 0.717) is 6.42 Å². The number of rotatable bonds is 7. The summed E-state index contributed by atoms with van der Waals surface area (Å²) in [6.07, 6.45) is 1.33.